The van der Waals surface area contributed by atoms with Gasteiger partial charge in [-0.1, -0.05) is 6.07 Å². The molecule has 0 amide bonds. The Labute approximate surface area is 136 Å². The molecule has 0 bridgehead atoms. The van der Waals surface area contributed by atoms with Crippen molar-refractivity contribution in [2.75, 3.05) is 13.7 Å². The summed E-state index contributed by atoms with van der Waals surface area (Å²) in [6.45, 7) is 2.83. The second-order valence-electron chi connectivity index (χ2n) is 6.51. The minimum absolute atomic E-state index is 0.202. The average molecular weight is 317 g/mol. The number of benzene rings is 1. The molecular weight excluding hydrogens is 294 g/mol. The zero-order chi connectivity index (χ0) is 16.4. The fraction of sp³-hybridized carbons (Fsp3) is 0.556. The normalized spacial score (nSPS) is 22.7. The van der Waals surface area contributed by atoms with Crippen molar-refractivity contribution in [1.82, 2.24) is 5.32 Å². The molecule has 1 saturated heterocycles. The van der Waals surface area contributed by atoms with Crippen molar-refractivity contribution < 1.29 is 19.1 Å². The summed E-state index contributed by atoms with van der Waals surface area (Å²) in [6.07, 6.45) is 3.67. The molecule has 2 atom stereocenters. The van der Waals surface area contributed by atoms with Crippen LogP contribution < -0.4 is 10.1 Å². The molecule has 124 valence electrons. The first-order valence-electron chi connectivity index (χ1n) is 8.21. The lowest BCUT2D eigenvalue weighted by Crippen LogP contribution is -2.34. The average Bonchev–Trinajstić information content (AvgIpc) is 3.14. The van der Waals surface area contributed by atoms with Crippen LogP contribution in [0.25, 0.3) is 0 Å². The molecule has 3 rings (SSSR count). The molecular formula is C18H23NO4. The number of rotatable bonds is 4. The number of fused-ring (bicyclic) bond motifs is 1. The summed E-state index contributed by atoms with van der Waals surface area (Å²) in [7, 11) is 1.67. The molecule has 0 spiro atoms. The van der Waals surface area contributed by atoms with Gasteiger partial charge in [-0.15, -0.1) is 0 Å². The van der Waals surface area contributed by atoms with E-state index in [1.807, 2.05) is 6.92 Å². The van der Waals surface area contributed by atoms with Gasteiger partial charge < -0.3 is 14.8 Å². The second-order valence-corrected chi connectivity index (χ2v) is 6.51. The number of esters is 2. The van der Waals surface area contributed by atoms with E-state index in [4.69, 9.17) is 9.47 Å². The third-order valence-corrected chi connectivity index (χ3v) is 4.75. The third-order valence-electron chi connectivity index (χ3n) is 4.75. The summed E-state index contributed by atoms with van der Waals surface area (Å²) in [5.74, 6) is 0.244. The Kier molecular flexibility index (Phi) is 4.66. The van der Waals surface area contributed by atoms with Gasteiger partial charge >= 0.3 is 11.9 Å². The van der Waals surface area contributed by atoms with Crippen LogP contribution in [-0.2, 0) is 27.2 Å². The minimum atomic E-state index is -0.430. The molecule has 1 heterocycles. The van der Waals surface area contributed by atoms with Crippen molar-refractivity contribution in [3.8, 4) is 5.75 Å². The SMILES string of the molecule is COc1cc2c(cc1C)CC(CC(=O)OC(=O)[C@@H]1CCCN1)C2. The zero-order valence-corrected chi connectivity index (χ0v) is 13.7. The highest BCUT2D eigenvalue weighted by Crippen LogP contribution is 2.33. The maximum atomic E-state index is 12.0. The zero-order valence-electron chi connectivity index (χ0n) is 13.7. The Bertz CT molecular complexity index is 620. The largest absolute Gasteiger partial charge is 0.496 e. The van der Waals surface area contributed by atoms with Gasteiger partial charge in [0.1, 0.15) is 11.8 Å². The van der Waals surface area contributed by atoms with Gasteiger partial charge in [-0.25, -0.2) is 4.79 Å². The lowest BCUT2D eigenvalue weighted by atomic mass is 10.0. The van der Waals surface area contributed by atoms with Crippen LogP contribution in [0, 0.1) is 12.8 Å². The van der Waals surface area contributed by atoms with Crippen LogP contribution in [0.15, 0.2) is 12.1 Å². The predicted molar refractivity (Wildman–Crippen MR) is 85.4 cm³/mol. The molecule has 1 unspecified atom stereocenters. The predicted octanol–water partition coefficient (Wildman–Crippen LogP) is 1.93. The maximum Gasteiger partial charge on any atom is 0.330 e. The first kappa shape index (κ1) is 16.0. The van der Waals surface area contributed by atoms with Gasteiger partial charge in [-0.05, 0) is 67.8 Å². The van der Waals surface area contributed by atoms with Crippen LogP contribution in [-0.4, -0.2) is 31.6 Å². The van der Waals surface area contributed by atoms with Gasteiger partial charge in [-0.2, -0.15) is 0 Å². The fourth-order valence-electron chi connectivity index (χ4n) is 3.57. The molecule has 0 saturated carbocycles. The van der Waals surface area contributed by atoms with Crippen molar-refractivity contribution in [2.45, 2.75) is 45.1 Å². The van der Waals surface area contributed by atoms with Crippen molar-refractivity contribution in [3.63, 3.8) is 0 Å². The summed E-state index contributed by atoms with van der Waals surface area (Å²) in [4.78, 5) is 23.9. The Balaban J connectivity index is 1.55. The van der Waals surface area contributed by atoms with E-state index in [0.717, 1.165) is 43.5 Å². The Morgan fingerprint density at radius 2 is 2.00 bits per heavy atom. The number of carbonyl (C=O) groups is 2. The Morgan fingerprint density at radius 1 is 1.26 bits per heavy atom. The van der Waals surface area contributed by atoms with Crippen LogP contribution in [0.5, 0.6) is 5.75 Å². The molecule has 1 aliphatic heterocycles. The van der Waals surface area contributed by atoms with E-state index in [-0.39, 0.29) is 18.4 Å². The van der Waals surface area contributed by atoms with Gasteiger partial charge in [0, 0.05) is 6.42 Å². The first-order chi connectivity index (χ1) is 11.1. The van der Waals surface area contributed by atoms with Crippen molar-refractivity contribution in [3.05, 3.63) is 28.8 Å². The third kappa shape index (κ3) is 3.55. The summed E-state index contributed by atoms with van der Waals surface area (Å²) in [6, 6.07) is 3.88. The molecule has 2 aliphatic rings. The number of methoxy groups -OCH3 is 1. The lowest BCUT2D eigenvalue weighted by Gasteiger charge is -2.11. The van der Waals surface area contributed by atoms with E-state index >= 15 is 0 Å². The highest BCUT2D eigenvalue weighted by molar-refractivity contribution is 5.88. The molecule has 1 aliphatic carbocycles. The molecule has 1 fully saturated rings. The molecule has 0 radical (unpaired) electrons. The van der Waals surface area contributed by atoms with Crippen LogP contribution in [0.4, 0.5) is 0 Å². The van der Waals surface area contributed by atoms with Crippen LogP contribution in [0.3, 0.4) is 0 Å². The number of carbonyl (C=O) groups excluding carboxylic acids is 2. The number of hydrogen-bond donors (Lipinski definition) is 1. The monoisotopic (exact) mass is 317 g/mol. The smallest absolute Gasteiger partial charge is 0.330 e. The molecule has 1 aromatic rings. The van der Waals surface area contributed by atoms with E-state index in [1.165, 1.54) is 11.1 Å². The Morgan fingerprint density at radius 3 is 2.65 bits per heavy atom. The van der Waals surface area contributed by atoms with E-state index in [2.05, 4.69) is 17.4 Å². The summed E-state index contributed by atoms with van der Waals surface area (Å²) >= 11 is 0. The summed E-state index contributed by atoms with van der Waals surface area (Å²) in [5, 5.41) is 3.05. The molecule has 1 N–H and O–H groups in total. The minimum Gasteiger partial charge on any atom is -0.496 e. The van der Waals surface area contributed by atoms with Crippen LogP contribution in [0.2, 0.25) is 0 Å². The number of ether oxygens (including phenoxy) is 2. The quantitative estimate of drug-likeness (QED) is 0.679. The second kappa shape index (κ2) is 6.71. The van der Waals surface area contributed by atoms with Crippen molar-refractivity contribution in [1.29, 1.82) is 0 Å². The van der Waals surface area contributed by atoms with Crippen molar-refractivity contribution in [2.24, 2.45) is 5.92 Å². The van der Waals surface area contributed by atoms with E-state index in [1.54, 1.807) is 7.11 Å². The molecule has 0 aromatic heterocycles. The highest BCUT2D eigenvalue weighted by Gasteiger charge is 2.29. The van der Waals surface area contributed by atoms with E-state index in [9.17, 15) is 9.59 Å². The van der Waals surface area contributed by atoms with Gasteiger partial charge in [-0.3, -0.25) is 4.79 Å². The topological polar surface area (TPSA) is 64.6 Å². The highest BCUT2D eigenvalue weighted by atomic mass is 16.6. The van der Waals surface area contributed by atoms with Gasteiger partial charge in [0.05, 0.1) is 7.11 Å². The number of hydrogen-bond acceptors (Lipinski definition) is 5. The number of nitrogens with one attached hydrogen (secondary N) is 1. The maximum absolute atomic E-state index is 12.0. The van der Waals surface area contributed by atoms with Crippen molar-refractivity contribution >= 4 is 11.9 Å². The van der Waals surface area contributed by atoms with E-state index < -0.39 is 11.9 Å². The Hall–Kier alpha value is -1.88. The van der Waals surface area contributed by atoms with Gasteiger partial charge in [0.2, 0.25) is 0 Å². The first-order valence-corrected chi connectivity index (χ1v) is 8.21. The van der Waals surface area contributed by atoms with E-state index in [0.29, 0.717) is 0 Å². The summed E-state index contributed by atoms with van der Waals surface area (Å²) < 4.78 is 10.4. The fourth-order valence-corrected chi connectivity index (χ4v) is 3.57. The molecule has 1 aromatic carbocycles. The van der Waals surface area contributed by atoms with Gasteiger partial charge in [0.25, 0.3) is 0 Å². The molecule has 5 heteroatoms. The van der Waals surface area contributed by atoms with Crippen LogP contribution >= 0.6 is 0 Å². The standard InChI is InChI=1S/C18H23NO4/c1-11-6-13-7-12(8-14(13)10-16(11)22-2)9-17(20)23-18(21)15-4-3-5-19-15/h6,10,12,15,19H,3-5,7-9H2,1-2H3/t12?,15-/m0/s1. The van der Waals surface area contributed by atoms with Crippen LogP contribution in [0.1, 0.15) is 36.0 Å². The van der Waals surface area contributed by atoms with Gasteiger partial charge in [0.15, 0.2) is 0 Å². The number of aryl methyl sites for hydroxylation is 1. The summed E-state index contributed by atoms with van der Waals surface area (Å²) in [5.41, 5.74) is 3.61. The molecule has 5 nitrogen and oxygen atoms in total. The lowest BCUT2D eigenvalue weighted by molar-refractivity contribution is -0.161. The molecule has 23 heavy (non-hydrogen) atoms.